The topological polar surface area (TPSA) is 47.5 Å². The minimum Gasteiger partial charge on any atom is -0.472 e. The minimum absolute atomic E-state index is 0.0237. The Hall–Kier alpha value is -1.20. The third-order valence-corrected chi connectivity index (χ3v) is 3.52. The van der Waals surface area contributed by atoms with Gasteiger partial charge in [-0.2, -0.15) is 0 Å². The predicted octanol–water partition coefficient (Wildman–Crippen LogP) is 1.87. The average Bonchev–Trinajstić information content (AvgIpc) is 2.83. The molecule has 1 aliphatic heterocycles. The monoisotopic (exact) mass is 279 g/mol. The molecule has 0 amide bonds. The molecule has 1 fully saturated rings. The van der Waals surface area contributed by atoms with E-state index in [0.717, 1.165) is 38.4 Å². The molecule has 0 bridgehead atoms. The first-order valence-electron chi connectivity index (χ1n) is 7.19. The maximum Gasteiger partial charge on any atom is 0.232 e. The number of ether oxygens (including phenoxy) is 2. The van der Waals surface area contributed by atoms with Crippen LogP contribution < -0.4 is 4.74 Å². The van der Waals surface area contributed by atoms with Gasteiger partial charge in [0.15, 0.2) is 0 Å². The van der Waals surface area contributed by atoms with E-state index in [4.69, 9.17) is 9.47 Å². The van der Waals surface area contributed by atoms with Crippen molar-refractivity contribution in [2.75, 3.05) is 33.4 Å². The Bertz CT molecular complexity index is 414. The van der Waals surface area contributed by atoms with Gasteiger partial charge in [-0.3, -0.25) is 9.88 Å². The molecule has 1 aromatic heterocycles. The van der Waals surface area contributed by atoms with E-state index in [2.05, 4.69) is 35.6 Å². The van der Waals surface area contributed by atoms with Crippen LogP contribution in [0.3, 0.4) is 0 Å². The Morgan fingerprint density at radius 3 is 2.70 bits per heavy atom. The molecule has 1 aromatic rings. The summed E-state index contributed by atoms with van der Waals surface area (Å²) < 4.78 is 11.0. The Morgan fingerprint density at radius 1 is 1.30 bits per heavy atom. The summed E-state index contributed by atoms with van der Waals surface area (Å²) in [6, 6.07) is 0. The van der Waals surface area contributed by atoms with Crippen molar-refractivity contribution >= 4 is 0 Å². The second-order valence-electron chi connectivity index (χ2n) is 6.31. The Morgan fingerprint density at radius 2 is 2.10 bits per heavy atom. The molecule has 0 radical (unpaired) electrons. The molecule has 0 aliphatic carbocycles. The lowest BCUT2D eigenvalue weighted by atomic mass is 9.93. The number of hydrogen-bond donors (Lipinski definition) is 0. The van der Waals surface area contributed by atoms with E-state index in [1.54, 1.807) is 13.3 Å². The minimum atomic E-state index is 0.0237. The highest BCUT2D eigenvalue weighted by atomic mass is 16.5. The van der Waals surface area contributed by atoms with Crippen LogP contribution in [-0.2, 0) is 10.2 Å². The van der Waals surface area contributed by atoms with Gasteiger partial charge in [0.25, 0.3) is 0 Å². The number of aromatic nitrogens is 2. The van der Waals surface area contributed by atoms with E-state index in [1.165, 1.54) is 0 Å². The molecule has 0 spiro atoms. The molecule has 1 atom stereocenters. The second kappa shape index (κ2) is 6.50. The van der Waals surface area contributed by atoms with E-state index in [1.807, 2.05) is 6.20 Å². The molecule has 2 heterocycles. The SMILES string of the molecule is COCCN1CC[C@H](Oc2cnc(C(C)(C)C)cn2)C1. The summed E-state index contributed by atoms with van der Waals surface area (Å²) in [5, 5.41) is 0. The number of nitrogens with zero attached hydrogens (tertiary/aromatic N) is 3. The summed E-state index contributed by atoms with van der Waals surface area (Å²) in [6.45, 7) is 10.1. The van der Waals surface area contributed by atoms with E-state index < -0.39 is 0 Å². The van der Waals surface area contributed by atoms with Gasteiger partial charge in [0, 0.05) is 32.2 Å². The zero-order chi connectivity index (χ0) is 14.6. The van der Waals surface area contributed by atoms with Crippen molar-refractivity contribution in [2.24, 2.45) is 0 Å². The molecule has 1 saturated heterocycles. The molecule has 2 rings (SSSR count). The van der Waals surface area contributed by atoms with E-state index >= 15 is 0 Å². The molecule has 0 unspecified atom stereocenters. The zero-order valence-corrected chi connectivity index (χ0v) is 12.9. The van der Waals surface area contributed by atoms with Crippen LogP contribution in [0.1, 0.15) is 32.9 Å². The van der Waals surface area contributed by atoms with Gasteiger partial charge in [-0.25, -0.2) is 4.98 Å². The lowest BCUT2D eigenvalue weighted by molar-refractivity contribution is 0.147. The third kappa shape index (κ3) is 4.15. The highest BCUT2D eigenvalue weighted by Gasteiger charge is 2.24. The average molecular weight is 279 g/mol. The molecule has 5 heteroatoms. The van der Waals surface area contributed by atoms with Gasteiger partial charge in [0.05, 0.1) is 24.7 Å². The Balaban J connectivity index is 1.85. The van der Waals surface area contributed by atoms with Crippen LogP contribution in [0.25, 0.3) is 0 Å². The molecule has 20 heavy (non-hydrogen) atoms. The van der Waals surface area contributed by atoms with Crippen LogP contribution in [-0.4, -0.2) is 54.3 Å². The molecule has 5 nitrogen and oxygen atoms in total. The Kier molecular flexibility index (Phi) is 4.94. The van der Waals surface area contributed by atoms with Crippen LogP contribution in [0.5, 0.6) is 5.88 Å². The maximum absolute atomic E-state index is 5.90. The standard InChI is InChI=1S/C15H25N3O2/c1-15(2,3)13-9-17-14(10-16-13)20-12-5-6-18(11-12)7-8-19-4/h9-10,12H,5-8,11H2,1-4H3/t12-/m0/s1. The largest absolute Gasteiger partial charge is 0.472 e. The summed E-state index contributed by atoms with van der Waals surface area (Å²) in [7, 11) is 1.73. The fourth-order valence-electron chi connectivity index (χ4n) is 2.25. The third-order valence-electron chi connectivity index (χ3n) is 3.52. The van der Waals surface area contributed by atoms with E-state index in [9.17, 15) is 0 Å². The Labute approximate surface area is 121 Å². The summed E-state index contributed by atoms with van der Waals surface area (Å²) in [5.74, 6) is 0.622. The number of rotatable bonds is 5. The summed E-state index contributed by atoms with van der Waals surface area (Å²) >= 11 is 0. The first-order chi connectivity index (χ1) is 9.49. The van der Waals surface area contributed by atoms with Crippen molar-refractivity contribution < 1.29 is 9.47 Å². The highest BCUT2D eigenvalue weighted by Crippen LogP contribution is 2.21. The number of likely N-dealkylation sites (tertiary alicyclic amines) is 1. The first-order valence-corrected chi connectivity index (χ1v) is 7.19. The summed E-state index contributed by atoms with van der Waals surface area (Å²) in [6.07, 6.45) is 4.79. The van der Waals surface area contributed by atoms with E-state index in [-0.39, 0.29) is 11.5 Å². The molecule has 0 aromatic carbocycles. The summed E-state index contributed by atoms with van der Waals surface area (Å²) in [5.41, 5.74) is 1.01. The normalized spacial score (nSPS) is 20.3. The van der Waals surface area contributed by atoms with Gasteiger partial charge >= 0.3 is 0 Å². The molecule has 112 valence electrons. The number of methoxy groups -OCH3 is 1. The second-order valence-corrected chi connectivity index (χ2v) is 6.31. The van der Waals surface area contributed by atoms with Gasteiger partial charge in [0.2, 0.25) is 5.88 Å². The zero-order valence-electron chi connectivity index (χ0n) is 12.9. The van der Waals surface area contributed by atoms with Gasteiger partial charge < -0.3 is 9.47 Å². The predicted molar refractivity (Wildman–Crippen MR) is 78.1 cm³/mol. The van der Waals surface area contributed by atoms with Gasteiger partial charge in [-0.05, 0) is 6.42 Å². The summed E-state index contributed by atoms with van der Waals surface area (Å²) in [4.78, 5) is 11.2. The van der Waals surface area contributed by atoms with E-state index in [0.29, 0.717) is 5.88 Å². The number of hydrogen-bond acceptors (Lipinski definition) is 5. The van der Waals surface area contributed by atoms with Crippen molar-refractivity contribution in [2.45, 2.75) is 38.7 Å². The van der Waals surface area contributed by atoms with Crippen molar-refractivity contribution in [3.05, 3.63) is 18.1 Å². The highest BCUT2D eigenvalue weighted by molar-refractivity contribution is 5.13. The lowest BCUT2D eigenvalue weighted by Gasteiger charge is -2.18. The van der Waals surface area contributed by atoms with Gasteiger partial charge in [0.1, 0.15) is 6.10 Å². The molecule has 1 aliphatic rings. The van der Waals surface area contributed by atoms with Crippen molar-refractivity contribution in [1.29, 1.82) is 0 Å². The fraction of sp³-hybridized carbons (Fsp3) is 0.733. The van der Waals surface area contributed by atoms with Crippen LogP contribution in [0, 0.1) is 0 Å². The molecule has 0 N–H and O–H groups in total. The van der Waals surface area contributed by atoms with Gasteiger partial charge in [-0.15, -0.1) is 0 Å². The van der Waals surface area contributed by atoms with Crippen molar-refractivity contribution in [3.8, 4) is 5.88 Å². The van der Waals surface area contributed by atoms with Crippen molar-refractivity contribution in [3.63, 3.8) is 0 Å². The molecular weight excluding hydrogens is 254 g/mol. The van der Waals surface area contributed by atoms with Crippen molar-refractivity contribution in [1.82, 2.24) is 14.9 Å². The van der Waals surface area contributed by atoms with Crippen LogP contribution in [0.2, 0.25) is 0 Å². The van der Waals surface area contributed by atoms with Gasteiger partial charge in [-0.1, -0.05) is 20.8 Å². The lowest BCUT2D eigenvalue weighted by Crippen LogP contribution is -2.28. The quantitative estimate of drug-likeness (QED) is 0.823. The van der Waals surface area contributed by atoms with Crippen LogP contribution in [0.15, 0.2) is 12.4 Å². The first kappa shape index (κ1) is 15.2. The molecule has 0 saturated carbocycles. The molecular formula is C15H25N3O2. The van der Waals surface area contributed by atoms with Crippen LogP contribution >= 0.6 is 0 Å². The smallest absolute Gasteiger partial charge is 0.232 e. The van der Waals surface area contributed by atoms with Crippen LogP contribution in [0.4, 0.5) is 0 Å². The fourth-order valence-corrected chi connectivity index (χ4v) is 2.25. The maximum atomic E-state index is 5.90.